The van der Waals surface area contributed by atoms with Crippen LogP contribution in [0.5, 0.6) is 0 Å². The summed E-state index contributed by atoms with van der Waals surface area (Å²) in [6.07, 6.45) is 10.8. The van der Waals surface area contributed by atoms with E-state index in [0.29, 0.717) is 28.3 Å². The van der Waals surface area contributed by atoms with E-state index >= 15 is 0 Å². The number of nitrogens with zero attached hydrogens (tertiary/aromatic N) is 1. The number of allylic oxidation sites excluding steroid dienone is 1. The lowest BCUT2D eigenvalue weighted by atomic mass is 9.48. The van der Waals surface area contributed by atoms with Gasteiger partial charge in [0.15, 0.2) is 0 Å². The van der Waals surface area contributed by atoms with E-state index in [1.165, 1.54) is 12.0 Å². The average Bonchev–Trinajstić information content (AvgIpc) is 3.10. The molecule has 1 aromatic rings. The summed E-state index contributed by atoms with van der Waals surface area (Å²) >= 11 is 5.94. The van der Waals surface area contributed by atoms with Crippen LogP contribution >= 0.6 is 11.6 Å². The smallest absolute Gasteiger partial charge is 0.338 e. The van der Waals surface area contributed by atoms with Crippen LogP contribution in [0.1, 0.15) is 75.6 Å². The van der Waals surface area contributed by atoms with Crippen LogP contribution in [0.15, 0.2) is 41.1 Å². The maximum atomic E-state index is 12.6. The highest BCUT2D eigenvalue weighted by molar-refractivity contribution is 6.30. The van der Waals surface area contributed by atoms with Gasteiger partial charge in [-0.1, -0.05) is 42.3 Å². The molecule has 166 valence electrons. The highest BCUT2D eigenvalue weighted by atomic mass is 35.5. The highest BCUT2D eigenvalue weighted by Crippen LogP contribution is 2.64. The summed E-state index contributed by atoms with van der Waals surface area (Å²) in [5.41, 5.74) is 3.35. The van der Waals surface area contributed by atoms with E-state index in [-0.39, 0.29) is 22.9 Å². The third-order valence-electron chi connectivity index (χ3n) is 9.27. The van der Waals surface area contributed by atoms with Gasteiger partial charge in [0.25, 0.3) is 0 Å². The Bertz CT molecular complexity index is 938. The largest absolute Gasteiger partial charge is 0.458 e. The van der Waals surface area contributed by atoms with Crippen LogP contribution in [0.25, 0.3) is 0 Å². The van der Waals surface area contributed by atoms with Crippen LogP contribution < -0.4 is 0 Å². The Morgan fingerprint density at radius 2 is 1.81 bits per heavy atom. The van der Waals surface area contributed by atoms with Crippen LogP contribution in [-0.2, 0) is 4.74 Å². The monoisotopic (exact) mass is 441 g/mol. The van der Waals surface area contributed by atoms with E-state index in [1.807, 2.05) is 0 Å². The molecule has 0 radical (unpaired) electrons. The van der Waals surface area contributed by atoms with Gasteiger partial charge < -0.3 is 9.94 Å². The van der Waals surface area contributed by atoms with Crippen molar-refractivity contribution in [1.29, 1.82) is 0 Å². The number of esters is 1. The van der Waals surface area contributed by atoms with Crippen molar-refractivity contribution in [2.24, 2.45) is 33.7 Å². The Balaban J connectivity index is 1.32. The molecular weight excluding hydrogens is 410 g/mol. The van der Waals surface area contributed by atoms with Gasteiger partial charge in [0.05, 0.1) is 11.3 Å². The zero-order chi connectivity index (χ0) is 21.8. The Labute approximate surface area is 189 Å². The molecule has 0 saturated heterocycles. The number of hydrogen-bond acceptors (Lipinski definition) is 4. The first-order chi connectivity index (χ1) is 14.8. The SMILES string of the molecule is C[C@]12CC[C@H](OC(=O)c3ccc(Cl)cc3)CC1=CCC1C2CC[C@]2(C)/C(=N/O)CCC12. The molecule has 6 atom stereocenters. The molecule has 0 heterocycles. The number of carbonyl (C=O) groups is 1. The third-order valence-corrected chi connectivity index (χ3v) is 9.53. The maximum Gasteiger partial charge on any atom is 0.338 e. The van der Waals surface area contributed by atoms with E-state index in [0.717, 1.165) is 50.7 Å². The fourth-order valence-corrected chi connectivity index (χ4v) is 7.61. The normalized spacial score (nSPS) is 40.5. The van der Waals surface area contributed by atoms with Gasteiger partial charge in [0.1, 0.15) is 6.10 Å². The van der Waals surface area contributed by atoms with Gasteiger partial charge in [-0.3, -0.25) is 0 Å². The minimum absolute atomic E-state index is 0.0486. The molecule has 0 aliphatic heterocycles. The van der Waals surface area contributed by atoms with Crippen LogP contribution in [-0.4, -0.2) is 23.0 Å². The van der Waals surface area contributed by atoms with Crippen LogP contribution in [0.2, 0.25) is 5.02 Å². The summed E-state index contributed by atoms with van der Waals surface area (Å²) in [5, 5.41) is 13.8. The van der Waals surface area contributed by atoms with Crippen LogP contribution in [0.3, 0.4) is 0 Å². The fourth-order valence-electron chi connectivity index (χ4n) is 7.49. The lowest BCUT2D eigenvalue weighted by Crippen LogP contribution is -2.50. The van der Waals surface area contributed by atoms with Crippen molar-refractivity contribution in [2.75, 3.05) is 0 Å². The van der Waals surface area contributed by atoms with E-state index in [1.54, 1.807) is 24.3 Å². The average molecular weight is 442 g/mol. The molecule has 0 amide bonds. The predicted molar refractivity (Wildman–Crippen MR) is 122 cm³/mol. The Morgan fingerprint density at radius 3 is 2.55 bits per heavy atom. The van der Waals surface area contributed by atoms with Gasteiger partial charge >= 0.3 is 5.97 Å². The number of ether oxygens (including phenoxy) is 1. The fraction of sp³-hybridized carbons (Fsp3) is 0.615. The summed E-state index contributed by atoms with van der Waals surface area (Å²) in [6, 6.07) is 6.92. The molecule has 3 fully saturated rings. The number of hydrogen-bond donors (Lipinski definition) is 1. The molecule has 0 aromatic heterocycles. The minimum atomic E-state index is -0.255. The van der Waals surface area contributed by atoms with Gasteiger partial charge in [-0.15, -0.1) is 0 Å². The van der Waals surface area contributed by atoms with Crippen molar-refractivity contribution in [1.82, 2.24) is 0 Å². The van der Waals surface area contributed by atoms with E-state index in [9.17, 15) is 10.0 Å². The standard InChI is InChI=1S/C26H32ClNO3/c1-25-13-11-19(31-24(29)16-3-6-18(27)7-4-16)15-17(25)5-8-20-21-9-10-23(28-30)26(21,2)14-12-22(20)25/h3-7,19-22,30H,8-15H2,1-2H3/b28-23+/t19-,20?,21?,22?,25-,26-/m0/s1. The molecule has 3 unspecified atom stereocenters. The summed E-state index contributed by atoms with van der Waals surface area (Å²) in [6.45, 7) is 4.77. The number of oxime groups is 1. The lowest BCUT2D eigenvalue weighted by molar-refractivity contribution is -0.0287. The molecule has 1 N–H and O–H groups in total. The molecule has 5 rings (SSSR count). The predicted octanol–water partition coefficient (Wildman–Crippen LogP) is 6.66. The zero-order valence-corrected chi connectivity index (χ0v) is 19.2. The summed E-state index contributed by atoms with van der Waals surface area (Å²) in [5.74, 6) is 1.71. The first kappa shape index (κ1) is 21.1. The molecule has 1 aromatic carbocycles. The molecule has 0 bridgehead atoms. The number of benzene rings is 1. The molecule has 0 spiro atoms. The topological polar surface area (TPSA) is 58.9 Å². The first-order valence-electron chi connectivity index (χ1n) is 11.7. The van der Waals surface area contributed by atoms with Gasteiger partial charge in [0.2, 0.25) is 0 Å². The summed E-state index contributed by atoms with van der Waals surface area (Å²) in [4.78, 5) is 12.6. The number of halogens is 1. The zero-order valence-electron chi connectivity index (χ0n) is 18.4. The van der Waals surface area contributed by atoms with Crippen LogP contribution in [0.4, 0.5) is 0 Å². The Morgan fingerprint density at radius 1 is 1.10 bits per heavy atom. The molecular formula is C26H32ClNO3. The molecule has 3 saturated carbocycles. The van der Waals surface area contributed by atoms with Crippen LogP contribution in [0, 0.1) is 28.6 Å². The van der Waals surface area contributed by atoms with Crippen molar-refractivity contribution in [3.05, 3.63) is 46.5 Å². The van der Waals surface area contributed by atoms with Crippen molar-refractivity contribution in [2.45, 2.75) is 71.3 Å². The maximum absolute atomic E-state index is 12.6. The number of fused-ring (bicyclic) bond motifs is 5. The minimum Gasteiger partial charge on any atom is -0.458 e. The lowest BCUT2D eigenvalue weighted by Gasteiger charge is -2.57. The highest BCUT2D eigenvalue weighted by Gasteiger charge is 2.58. The van der Waals surface area contributed by atoms with Crippen molar-refractivity contribution in [3.8, 4) is 0 Å². The molecule has 4 aliphatic carbocycles. The molecule has 31 heavy (non-hydrogen) atoms. The van der Waals surface area contributed by atoms with Crippen molar-refractivity contribution < 1.29 is 14.7 Å². The second-order valence-corrected chi connectivity index (χ2v) is 11.0. The third kappa shape index (κ3) is 3.33. The Kier molecular flexibility index (Phi) is 5.20. The Hall–Kier alpha value is -1.81. The summed E-state index contributed by atoms with van der Waals surface area (Å²) < 4.78 is 5.89. The first-order valence-corrected chi connectivity index (χ1v) is 12.1. The van der Waals surface area contributed by atoms with E-state index in [2.05, 4.69) is 25.1 Å². The van der Waals surface area contributed by atoms with E-state index < -0.39 is 0 Å². The van der Waals surface area contributed by atoms with Crippen molar-refractivity contribution >= 4 is 23.3 Å². The number of rotatable bonds is 2. The quantitative estimate of drug-likeness (QED) is 0.241. The molecule has 4 nitrogen and oxygen atoms in total. The molecule has 4 aliphatic rings. The van der Waals surface area contributed by atoms with Gasteiger partial charge in [0, 0.05) is 16.9 Å². The second-order valence-electron chi connectivity index (χ2n) is 10.6. The van der Waals surface area contributed by atoms with Gasteiger partial charge in [-0.05, 0) is 92.4 Å². The van der Waals surface area contributed by atoms with Gasteiger partial charge in [-0.25, -0.2) is 4.79 Å². The summed E-state index contributed by atoms with van der Waals surface area (Å²) in [7, 11) is 0. The molecule has 5 heteroatoms. The number of carbonyl (C=O) groups excluding carboxylic acids is 1. The van der Waals surface area contributed by atoms with E-state index in [4.69, 9.17) is 16.3 Å². The van der Waals surface area contributed by atoms with Gasteiger partial charge in [-0.2, -0.15) is 0 Å². The van der Waals surface area contributed by atoms with Crippen molar-refractivity contribution in [3.63, 3.8) is 0 Å². The second kappa shape index (κ2) is 7.65.